The Hall–Kier alpha value is -0.830. The molecule has 64 valence electrons. The fourth-order valence-electron chi connectivity index (χ4n) is 0.387. The van der Waals surface area contributed by atoms with Crippen molar-refractivity contribution in [3.8, 4) is 0 Å². The van der Waals surface area contributed by atoms with Gasteiger partial charge < -0.3 is 9.47 Å². The van der Waals surface area contributed by atoms with Crippen LogP contribution in [0.15, 0.2) is 12.7 Å². The minimum Gasteiger partial charge on any atom is -0.466 e. The van der Waals surface area contributed by atoms with Crippen LogP contribution in [0, 0.1) is 0 Å². The van der Waals surface area contributed by atoms with Crippen LogP contribution in [0.5, 0.6) is 0 Å². The minimum atomic E-state index is -0.394. The van der Waals surface area contributed by atoms with Gasteiger partial charge in [0.15, 0.2) is 0 Å². The number of esters is 1. The third-order valence-corrected chi connectivity index (χ3v) is 1.23. The minimum absolute atomic E-state index is 0.394. The normalized spacial score (nSPS) is 19.3. The number of hydrogen-bond acceptors (Lipinski definition) is 3. The van der Waals surface area contributed by atoms with Gasteiger partial charge in [-0.3, -0.25) is 0 Å². The SMILES string of the molecule is C=CC(=O)OC.CCC1CO1. The Morgan fingerprint density at radius 1 is 1.91 bits per heavy atom. The lowest BCUT2D eigenvalue weighted by Gasteiger charge is -1.83. The smallest absolute Gasteiger partial charge is 0.329 e. The highest BCUT2D eigenvalue weighted by atomic mass is 16.6. The second-order valence-electron chi connectivity index (χ2n) is 2.09. The van der Waals surface area contributed by atoms with Gasteiger partial charge in [-0.15, -0.1) is 0 Å². The Balaban J connectivity index is 0.000000183. The molecule has 3 heteroatoms. The van der Waals surface area contributed by atoms with Crippen LogP contribution in [0.1, 0.15) is 13.3 Å². The predicted octanol–water partition coefficient (Wildman–Crippen LogP) is 1.14. The Labute approximate surface area is 67.0 Å². The third-order valence-electron chi connectivity index (χ3n) is 1.23. The summed E-state index contributed by atoms with van der Waals surface area (Å²) in [4.78, 5) is 9.84. The first-order chi connectivity index (χ1) is 5.24. The van der Waals surface area contributed by atoms with Crippen molar-refractivity contribution in [2.75, 3.05) is 13.7 Å². The zero-order valence-electron chi connectivity index (χ0n) is 7.00. The molecule has 1 aliphatic heterocycles. The van der Waals surface area contributed by atoms with E-state index < -0.39 is 5.97 Å². The summed E-state index contributed by atoms with van der Waals surface area (Å²) in [6.07, 6.45) is 2.94. The maximum absolute atomic E-state index is 9.84. The summed E-state index contributed by atoms with van der Waals surface area (Å²) in [5.74, 6) is -0.394. The maximum atomic E-state index is 9.84. The standard InChI is InChI=1S/C4H6O2.C4H8O/c1-3-4(5)6-2;1-2-4-3-5-4/h3H,1H2,2H3;4H,2-3H2,1H3. The average Bonchev–Trinajstić information content (AvgIpc) is 2.86. The van der Waals surface area contributed by atoms with Gasteiger partial charge in [0.2, 0.25) is 0 Å². The van der Waals surface area contributed by atoms with E-state index in [0.29, 0.717) is 6.10 Å². The topological polar surface area (TPSA) is 38.8 Å². The van der Waals surface area contributed by atoms with Crippen molar-refractivity contribution < 1.29 is 14.3 Å². The highest BCUT2D eigenvalue weighted by Crippen LogP contribution is 2.10. The molecule has 1 unspecified atom stereocenters. The monoisotopic (exact) mass is 158 g/mol. The van der Waals surface area contributed by atoms with E-state index in [0.717, 1.165) is 12.7 Å². The summed E-state index contributed by atoms with van der Waals surface area (Å²) in [5.41, 5.74) is 0. The molecule has 3 nitrogen and oxygen atoms in total. The fourth-order valence-corrected chi connectivity index (χ4v) is 0.387. The second kappa shape index (κ2) is 5.92. The molecule has 0 amide bonds. The van der Waals surface area contributed by atoms with Gasteiger partial charge in [-0.1, -0.05) is 13.5 Å². The van der Waals surface area contributed by atoms with Crippen molar-refractivity contribution in [1.29, 1.82) is 0 Å². The zero-order valence-corrected chi connectivity index (χ0v) is 7.00. The van der Waals surface area contributed by atoms with Crippen LogP contribution in [0.3, 0.4) is 0 Å². The lowest BCUT2D eigenvalue weighted by molar-refractivity contribution is -0.134. The number of rotatable bonds is 2. The van der Waals surface area contributed by atoms with E-state index in [1.165, 1.54) is 13.5 Å². The van der Waals surface area contributed by atoms with E-state index >= 15 is 0 Å². The maximum Gasteiger partial charge on any atom is 0.329 e. The van der Waals surface area contributed by atoms with Crippen LogP contribution in [-0.2, 0) is 14.3 Å². The van der Waals surface area contributed by atoms with Crippen LogP contribution in [-0.4, -0.2) is 25.8 Å². The fraction of sp³-hybridized carbons (Fsp3) is 0.625. The number of hydrogen-bond donors (Lipinski definition) is 0. The Morgan fingerprint density at radius 2 is 2.45 bits per heavy atom. The number of ether oxygens (including phenoxy) is 2. The molecule has 1 fully saturated rings. The van der Waals surface area contributed by atoms with Crippen LogP contribution >= 0.6 is 0 Å². The van der Waals surface area contributed by atoms with Crippen LogP contribution < -0.4 is 0 Å². The van der Waals surface area contributed by atoms with E-state index in [9.17, 15) is 4.79 Å². The first kappa shape index (κ1) is 10.2. The largest absolute Gasteiger partial charge is 0.466 e. The molecule has 1 aliphatic rings. The van der Waals surface area contributed by atoms with Gasteiger partial charge >= 0.3 is 5.97 Å². The van der Waals surface area contributed by atoms with Gasteiger partial charge in [0.1, 0.15) is 0 Å². The Kier molecular flexibility index (Phi) is 5.47. The van der Waals surface area contributed by atoms with Gasteiger partial charge in [-0.2, -0.15) is 0 Å². The number of carbonyl (C=O) groups is 1. The molecule has 1 saturated heterocycles. The summed E-state index contributed by atoms with van der Waals surface area (Å²) in [6.45, 7) is 6.30. The molecule has 1 heterocycles. The van der Waals surface area contributed by atoms with Crippen molar-refractivity contribution in [2.45, 2.75) is 19.4 Å². The molecule has 0 N–H and O–H groups in total. The molecular formula is C8H14O3. The molecule has 0 aromatic carbocycles. The Bertz CT molecular complexity index is 127. The summed E-state index contributed by atoms with van der Waals surface area (Å²) in [6, 6.07) is 0. The van der Waals surface area contributed by atoms with E-state index in [1.54, 1.807) is 0 Å². The van der Waals surface area contributed by atoms with Crippen molar-refractivity contribution >= 4 is 5.97 Å². The van der Waals surface area contributed by atoms with Gasteiger partial charge in [0.25, 0.3) is 0 Å². The predicted molar refractivity (Wildman–Crippen MR) is 42.2 cm³/mol. The first-order valence-electron chi connectivity index (χ1n) is 3.56. The molecular weight excluding hydrogens is 144 g/mol. The summed E-state index contributed by atoms with van der Waals surface area (Å²) < 4.78 is 9.00. The van der Waals surface area contributed by atoms with Gasteiger partial charge in [0.05, 0.1) is 19.8 Å². The van der Waals surface area contributed by atoms with E-state index in [4.69, 9.17) is 4.74 Å². The average molecular weight is 158 g/mol. The molecule has 0 bridgehead atoms. The van der Waals surface area contributed by atoms with Crippen molar-refractivity contribution in [3.63, 3.8) is 0 Å². The summed E-state index contributed by atoms with van der Waals surface area (Å²) >= 11 is 0. The van der Waals surface area contributed by atoms with Crippen LogP contribution in [0.4, 0.5) is 0 Å². The molecule has 0 aromatic heterocycles. The second-order valence-corrected chi connectivity index (χ2v) is 2.09. The quantitative estimate of drug-likeness (QED) is 0.343. The van der Waals surface area contributed by atoms with Crippen molar-refractivity contribution in [1.82, 2.24) is 0 Å². The third kappa shape index (κ3) is 7.06. The highest BCUT2D eigenvalue weighted by molar-refractivity contribution is 5.80. The molecule has 0 aromatic rings. The first-order valence-corrected chi connectivity index (χ1v) is 3.56. The molecule has 1 atom stereocenters. The van der Waals surface area contributed by atoms with Gasteiger partial charge in [-0.25, -0.2) is 4.79 Å². The van der Waals surface area contributed by atoms with Crippen molar-refractivity contribution in [3.05, 3.63) is 12.7 Å². The lowest BCUT2D eigenvalue weighted by atomic mass is 10.4. The van der Waals surface area contributed by atoms with E-state index in [-0.39, 0.29) is 0 Å². The van der Waals surface area contributed by atoms with Crippen LogP contribution in [0.2, 0.25) is 0 Å². The summed E-state index contributed by atoms with van der Waals surface area (Å²) in [7, 11) is 1.31. The summed E-state index contributed by atoms with van der Waals surface area (Å²) in [5, 5.41) is 0. The zero-order chi connectivity index (χ0) is 8.69. The van der Waals surface area contributed by atoms with E-state index in [2.05, 4.69) is 18.2 Å². The number of carbonyl (C=O) groups excluding carboxylic acids is 1. The molecule has 11 heavy (non-hydrogen) atoms. The van der Waals surface area contributed by atoms with Gasteiger partial charge in [0, 0.05) is 6.08 Å². The van der Waals surface area contributed by atoms with Crippen molar-refractivity contribution in [2.24, 2.45) is 0 Å². The van der Waals surface area contributed by atoms with E-state index in [1.807, 2.05) is 0 Å². The van der Waals surface area contributed by atoms with Gasteiger partial charge in [-0.05, 0) is 6.42 Å². The number of methoxy groups -OCH3 is 1. The molecule has 0 radical (unpaired) electrons. The molecule has 0 aliphatic carbocycles. The van der Waals surface area contributed by atoms with Crippen LogP contribution in [0.25, 0.3) is 0 Å². The molecule has 0 spiro atoms. The molecule has 0 saturated carbocycles. The Morgan fingerprint density at radius 3 is 2.45 bits per heavy atom. The number of epoxide rings is 1. The highest BCUT2D eigenvalue weighted by Gasteiger charge is 2.18. The lowest BCUT2D eigenvalue weighted by Crippen LogP contribution is -1.91. The molecule has 1 rings (SSSR count).